The van der Waals surface area contributed by atoms with Crippen molar-refractivity contribution in [1.29, 1.82) is 0 Å². The van der Waals surface area contributed by atoms with E-state index in [1.54, 1.807) is 18.2 Å². The Morgan fingerprint density at radius 1 is 1.03 bits per heavy atom. The van der Waals surface area contributed by atoms with E-state index in [2.05, 4.69) is 55.1 Å². The van der Waals surface area contributed by atoms with Gasteiger partial charge in [0.05, 0.1) is 0 Å². The summed E-state index contributed by atoms with van der Waals surface area (Å²) in [4.78, 5) is 14.3. The second-order valence-corrected chi connectivity index (χ2v) is 10.6. The summed E-state index contributed by atoms with van der Waals surface area (Å²) in [5, 5.41) is 12.2. The smallest absolute Gasteiger partial charge is 0.155 e. The SMILES string of the molecule is CC#C[C@]1(N(C)O)CCC2C3=C(C4CCC(=O)C=C4CC3)[C@@H](c3ccc(N(C)C)cc3)CC21. The highest BCUT2D eigenvalue weighted by molar-refractivity contribution is 5.91. The molecule has 1 aromatic rings. The molecule has 0 bridgehead atoms. The summed E-state index contributed by atoms with van der Waals surface area (Å²) in [6.45, 7) is 1.89. The topological polar surface area (TPSA) is 43.8 Å². The molecule has 0 saturated heterocycles. The fraction of sp³-hybridized carbons (Fsp3) is 0.552. The largest absolute Gasteiger partial charge is 0.378 e. The highest BCUT2D eigenvalue weighted by Gasteiger charge is 2.56. The van der Waals surface area contributed by atoms with Gasteiger partial charge in [-0.3, -0.25) is 4.79 Å². The summed E-state index contributed by atoms with van der Waals surface area (Å²) in [6.07, 6.45) is 8.62. The van der Waals surface area contributed by atoms with E-state index in [1.807, 2.05) is 13.0 Å². The van der Waals surface area contributed by atoms with Crippen LogP contribution >= 0.6 is 0 Å². The normalized spacial score (nSPS) is 33.0. The molecule has 1 saturated carbocycles. The third-order valence-corrected chi connectivity index (χ3v) is 8.88. The molecular formula is C29H36N2O2. The van der Waals surface area contributed by atoms with Crippen molar-refractivity contribution in [2.45, 2.75) is 63.3 Å². The van der Waals surface area contributed by atoms with Crippen LogP contribution in [0.4, 0.5) is 5.69 Å². The summed E-state index contributed by atoms with van der Waals surface area (Å²) < 4.78 is 0. The molecule has 4 aliphatic rings. The maximum atomic E-state index is 12.2. The molecule has 4 nitrogen and oxygen atoms in total. The van der Waals surface area contributed by atoms with Crippen molar-refractivity contribution in [1.82, 2.24) is 5.06 Å². The van der Waals surface area contributed by atoms with Crippen molar-refractivity contribution in [2.75, 3.05) is 26.0 Å². The van der Waals surface area contributed by atoms with Crippen LogP contribution in [0.5, 0.6) is 0 Å². The Hall–Kier alpha value is -2.35. The minimum absolute atomic E-state index is 0.297. The Balaban J connectivity index is 1.64. The van der Waals surface area contributed by atoms with E-state index in [0.717, 1.165) is 38.5 Å². The lowest BCUT2D eigenvalue weighted by molar-refractivity contribution is -0.146. The van der Waals surface area contributed by atoms with Gasteiger partial charge in [0.15, 0.2) is 5.78 Å². The van der Waals surface area contributed by atoms with Gasteiger partial charge in [0.25, 0.3) is 0 Å². The molecule has 33 heavy (non-hydrogen) atoms. The van der Waals surface area contributed by atoms with Crippen LogP contribution in [-0.4, -0.2) is 42.7 Å². The Morgan fingerprint density at radius 3 is 2.45 bits per heavy atom. The molecule has 0 heterocycles. The number of carbonyl (C=O) groups excluding carboxylic acids is 1. The van der Waals surface area contributed by atoms with Crippen LogP contribution in [0.1, 0.15) is 63.4 Å². The zero-order valence-electron chi connectivity index (χ0n) is 20.4. The molecule has 0 aromatic heterocycles. The van der Waals surface area contributed by atoms with E-state index < -0.39 is 5.54 Å². The number of benzene rings is 1. The summed E-state index contributed by atoms with van der Waals surface area (Å²) >= 11 is 0. The van der Waals surface area contributed by atoms with Crippen LogP contribution in [-0.2, 0) is 4.79 Å². The summed E-state index contributed by atoms with van der Waals surface area (Å²) in [5.74, 6) is 8.40. The fourth-order valence-corrected chi connectivity index (χ4v) is 7.39. The van der Waals surface area contributed by atoms with E-state index in [4.69, 9.17) is 0 Å². The Labute approximate surface area is 198 Å². The first-order chi connectivity index (χ1) is 15.9. The van der Waals surface area contributed by atoms with Crippen molar-refractivity contribution < 1.29 is 10.0 Å². The molecule has 5 rings (SSSR count). The molecule has 0 aliphatic heterocycles. The number of fused-ring (bicyclic) bond motifs is 4. The average Bonchev–Trinajstić information content (AvgIpc) is 3.18. The number of hydrogen-bond acceptors (Lipinski definition) is 4. The third kappa shape index (κ3) is 3.57. The molecule has 5 atom stereocenters. The van der Waals surface area contributed by atoms with Gasteiger partial charge in [0.2, 0.25) is 0 Å². The lowest BCUT2D eigenvalue weighted by atomic mass is 9.58. The maximum absolute atomic E-state index is 12.2. The van der Waals surface area contributed by atoms with Crippen molar-refractivity contribution in [2.24, 2.45) is 17.8 Å². The molecule has 3 unspecified atom stereocenters. The number of carbonyl (C=O) groups is 1. The zero-order valence-corrected chi connectivity index (χ0v) is 20.4. The second kappa shape index (κ2) is 8.46. The van der Waals surface area contributed by atoms with Crippen molar-refractivity contribution in [3.05, 3.63) is 52.6 Å². The molecular weight excluding hydrogens is 408 g/mol. The van der Waals surface area contributed by atoms with Crippen LogP contribution in [0.2, 0.25) is 0 Å². The molecule has 4 aliphatic carbocycles. The van der Waals surface area contributed by atoms with Crippen molar-refractivity contribution in [3.8, 4) is 11.8 Å². The summed E-state index contributed by atoms with van der Waals surface area (Å²) in [7, 11) is 5.93. The Bertz CT molecular complexity index is 1070. The predicted octanol–water partition coefficient (Wildman–Crippen LogP) is 5.35. The number of nitrogens with zero attached hydrogens (tertiary/aromatic N) is 2. The Kier molecular flexibility index (Phi) is 5.75. The number of hydrogen-bond donors (Lipinski definition) is 1. The number of ketones is 1. The number of hydroxylamine groups is 2. The third-order valence-electron chi connectivity index (χ3n) is 8.88. The molecule has 0 radical (unpaired) electrons. The number of allylic oxidation sites excluding steroid dienone is 4. The zero-order chi connectivity index (χ0) is 23.3. The van der Waals surface area contributed by atoms with E-state index in [9.17, 15) is 10.0 Å². The summed E-state index contributed by atoms with van der Waals surface area (Å²) in [5.41, 5.74) is 6.66. The lowest BCUT2D eigenvalue weighted by Gasteiger charge is -2.48. The van der Waals surface area contributed by atoms with Gasteiger partial charge in [0, 0.05) is 45.1 Å². The van der Waals surface area contributed by atoms with Gasteiger partial charge < -0.3 is 10.1 Å². The standard InChI is InChI=1S/C29H36N2O2/c1-5-15-29(31(4)33)16-14-24-25-12-8-20-17-22(32)11-13-23(20)28(25)26(18-27(24)29)19-6-9-21(10-7-19)30(2)3/h6-7,9-10,17,23-24,26-27,33H,8,11-14,16,18H2,1-4H3/t23?,24?,26-,27?,29+/m1/s1. The second-order valence-electron chi connectivity index (χ2n) is 10.6. The maximum Gasteiger partial charge on any atom is 0.155 e. The van der Waals surface area contributed by atoms with Gasteiger partial charge in [-0.25, -0.2) is 0 Å². The first-order valence-electron chi connectivity index (χ1n) is 12.5. The molecule has 0 spiro atoms. The minimum atomic E-state index is -0.474. The first-order valence-corrected chi connectivity index (χ1v) is 12.5. The van der Waals surface area contributed by atoms with E-state index in [0.29, 0.717) is 35.9 Å². The van der Waals surface area contributed by atoms with E-state index in [-0.39, 0.29) is 0 Å². The van der Waals surface area contributed by atoms with Crippen LogP contribution in [0.15, 0.2) is 47.1 Å². The van der Waals surface area contributed by atoms with Gasteiger partial charge in [-0.05, 0) is 81.1 Å². The van der Waals surface area contributed by atoms with Gasteiger partial charge in [-0.2, -0.15) is 5.06 Å². The molecule has 1 aromatic carbocycles. The first kappa shape index (κ1) is 22.4. The van der Waals surface area contributed by atoms with Crippen LogP contribution in [0.25, 0.3) is 0 Å². The average molecular weight is 445 g/mol. The van der Waals surface area contributed by atoms with Crippen LogP contribution < -0.4 is 4.90 Å². The highest BCUT2D eigenvalue weighted by Crippen LogP contribution is 2.60. The highest BCUT2D eigenvalue weighted by atomic mass is 16.5. The molecule has 1 N–H and O–H groups in total. The van der Waals surface area contributed by atoms with Gasteiger partial charge in [-0.15, -0.1) is 5.92 Å². The quantitative estimate of drug-likeness (QED) is 0.388. The Morgan fingerprint density at radius 2 is 1.79 bits per heavy atom. The van der Waals surface area contributed by atoms with Crippen LogP contribution in [0, 0.1) is 29.6 Å². The molecule has 1 fully saturated rings. The van der Waals surface area contributed by atoms with Gasteiger partial charge in [0.1, 0.15) is 5.54 Å². The molecule has 0 amide bonds. The van der Waals surface area contributed by atoms with E-state index >= 15 is 0 Å². The van der Waals surface area contributed by atoms with Crippen molar-refractivity contribution in [3.63, 3.8) is 0 Å². The number of anilines is 1. The van der Waals surface area contributed by atoms with Crippen molar-refractivity contribution >= 4 is 11.5 Å². The van der Waals surface area contributed by atoms with E-state index in [1.165, 1.54) is 21.9 Å². The van der Waals surface area contributed by atoms with Gasteiger partial charge >= 0.3 is 0 Å². The summed E-state index contributed by atoms with van der Waals surface area (Å²) in [6, 6.07) is 9.03. The monoisotopic (exact) mass is 444 g/mol. The number of rotatable bonds is 3. The molecule has 174 valence electrons. The molecule has 4 heteroatoms. The predicted molar refractivity (Wildman–Crippen MR) is 132 cm³/mol. The lowest BCUT2D eigenvalue weighted by Crippen LogP contribution is -2.50. The fourth-order valence-electron chi connectivity index (χ4n) is 7.39. The van der Waals surface area contributed by atoms with Gasteiger partial charge in [-0.1, -0.05) is 34.8 Å². The van der Waals surface area contributed by atoms with Crippen LogP contribution in [0.3, 0.4) is 0 Å². The minimum Gasteiger partial charge on any atom is -0.378 e.